The average molecular weight is 255 g/mol. The topological polar surface area (TPSA) is 40.1 Å². The van der Waals surface area contributed by atoms with E-state index in [1.165, 1.54) is 51.4 Å². The fraction of sp³-hybridized carbons (Fsp3) is 1.00. The molecule has 1 unspecified atom stereocenters. The van der Waals surface area contributed by atoms with Crippen LogP contribution in [0.15, 0.2) is 0 Å². The predicted molar refractivity (Wildman–Crippen MR) is 64.3 cm³/mol. The van der Waals surface area contributed by atoms with Crippen molar-refractivity contribution in [1.29, 1.82) is 0 Å². The maximum Gasteiger partial charge on any atom is 1.00 e. The van der Waals surface area contributed by atoms with Gasteiger partial charge in [-0.3, -0.25) is 0 Å². The minimum Gasteiger partial charge on any atom is -0.596 e. The quantitative estimate of drug-likeness (QED) is 0.314. The molecule has 4 heteroatoms. The molecule has 0 fully saturated rings. The zero-order chi connectivity index (χ0) is 11.4. The van der Waals surface area contributed by atoms with Gasteiger partial charge in [0.25, 0.3) is 0 Å². The molecular weight excluding hydrogens is 230 g/mol. The Kier molecular flexibility index (Phi) is 19.5. The van der Waals surface area contributed by atoms with Crippen LogP contribution in [0.2, 0.25) is 0 Å². The summed E-state index contributed by atoms with van der Waals surface area (Å²) in [5.41, 5.74) is 0. The van der Waals surface area contributed by atoms with Gasteiger partial charge in [0.1, 0.15) is 6.16 Å². The van der Waals surface area contributed by atoms with Gasteiger partial charge in [0.05, 0.1) is 0 Å². The van der Waals surface area contributed by atoms with E-state index in [9.17, 15) is 9.46 Å². The molecule has 0 spiro atoms. The Morgan fingerprint density at radius 2 is 1.19 bits per heavy atom. The second kappa shape index (κ2) is 16.1. The Balaban J connectivity index is 0. The van der Waals surface area contributed by atoms with E-state index in [0.29, 0.717) is 6.16 Å². The summed E-state index contributed by atoms with van der Waals surface area (Å²) in [5, 5.41) is 0. The molecule has 0 radical (unpaired) electrons. The summed E-state index contributed by atoms with van der Waals surface area (Å²) in [4.78, 5) is 10.3. The van der Waals surface area contributed by atoms with Crippen molar-refractivity contribution >= 4 is 8.03 Å². The van der Waals surface area contributed by atoms with Crippen molar-refractivity contribution in [2.45, 2.75) is 71.1 Å². The Hall–Kier alpha value is 1.06. The van der Waals surface area contributed by atoms with Crippen molar-refractivity contribution in [1.82, 2.24) is 0 Å². The van der Waals surface area contributed by atoms with Crippen LogP contribution in [0.4, 0.5) is 0 Å². The van der Waals surface area contributed by atoms with E-state index in [1.54, 1.807) is 0 Å². The fourth-order valence-electron chi connectivity index (χ4n) is 1.73. The second-order valence-electron chi connectivity index (χ2n) is 4.24. The Labute approximate surface area is 124 Å². The minimum atomic E-state index is -2.14. The molecule has 0 rings (SSSR count). The molecule has 2 nitrogen and oxygen atoms in total. The monoisotopic (exact) mass is 255 g/mol. The third-order valence-electron chi connectivity index (χ3n) is 2.69. The molecule has 1 atom stereocenters. The summed E-state index contributed by atoms with van der Waals surface area (Å²) in [6.07, 6.45) is 12.9. The average Bonchev–Trinajstić information content (AvgIpc) is 2.20. The van der Waals surface area contributed by atoms with Crippen LogP contribution >= 0.6 is 8.03 Å². The van der Waals surface area contributed by atoms with Crippen molar-refractivity contribution in [3.05, 3.63) is 0 Å². The summed E-state index contributed by atoms with van der Waals surface area (Å²) < 4.78 is 10.3. The number of hydrogen-bond acceptors (Lipinski definition) is 2. The molecule has 0 aliphatic heterocycles. The Bertz CT molecular complexity index is 154. The van der Waals surface area contributed by atoms with Gasteiger partial charge in [-0.2, -0.15) is 0 Å². The predicted octanol–water partition coefficient (Wildman–Crippen LogP) is 1.01. The summed E-state index contributed by atoms with van der Waals surface area (Å²) >= 11 is 0. The van der Waals surface area contributed by atoms with Crippen LogP contribution in [0, 0.1) is 0 Å². The molecule has 0 aliphatic carbocycles. The van der Waals surface area contributed by atoms with Gasteiger partial charge in [-0.05, 0) is 12.8 Å². The van der Waals surface area contributed by atoms with Crippen LogP contribution in [0.3, 0.4) is 0 Å². The van der Waals surface area contributed by atoms with Gasteiger partial charge in [-0.25, -0.2) is 0 Å². The van der Waals surface area contributed by atoms with Crippen molar-refractivity contribution < 1.29 is 39.0 Å². The van der Waals surface area contributed by atoms with Gasteiger partial charge in [-0.15, -0.1) is 0 Å². The van der Waals surface area contributed by atoms with Gasteiger partial charge in [-0.1, -0.05) is 62.9 Å². The van der Waals surface area contributed by atoms with Gasteiger partial charge < -0.3 is 4.89 Å². The maximum atomic E-state index is 10.3. The van der Waals surface area contributed by atoms with Gasteiger partial charge in [0.2, 0.25) is 0 Å². The van der Waals surface area contributed by atoms with E-state index < -0.39 is 8.03 Å². The Morgan fingerprint density at radius 3 is 1.56 bits per heavy atom. The molecule has 0 aliphatic rings. The zero-order valence-electron chi connectivity index (χ0n) is 11.0. The van der Waals surface area contributed by atoms with E-state index in [-0.39, 0.29) is 29.6 Å². The molecule has 0 amide bonds. The van der Waals surface area contributed by atoms with Gasteiger partial charge in [0.15, 0.2) is 0 Å². The SMILES string of the molecule is CCCCCCCCCCCC[P+](=O)[O-].[Na+]. The third kappa shape index (κ3) is 17.5. The first-order valence-corrected chi connectivity index (χ1v) is 7.75. The number of unbranched alkanes of at least 4 members (excludes halogenated alkanes) is 9. The third-order valence-corrected chi connectivity index (χ3v) is 3.38. The van der Waals surface area contributed by atoms with Crippen LogP contribution in [0.5, 0.6) is 0 Å². The minimum absolute atomic E-state index is 0. The fourth-order valence-corrected chi connectivity index (χ4v) is 2.21. The first kappa shape index (κ1) is 19.4. The van der Waals surface area contributed by atoms with Crippen LogP contribution < -0.4 is 34.5 Å². The van der Waals surface area contributed by atoms with Crippen molar-refractivity contribution in [2.75, 3.05) is 6.16 Å². The van der Waals surface area contributed by atoms with Crippen LogP contribution in [0.25, 0.3) is 0 Å². The number of rotatable bonds is 11. The molecule has 0 N–H and O–H groups in total. The second-order valence-corrected chi connectivity index (χ2v) is 5.35. The molecule has 0 bridgehead atoms. The first-order chi connectivity index (χ1) is 7.27. The van der Waals surface area contributed by atoms with E-state index in [4.69, 9.17) is 0 Å². The van der Waals surface area contributed by atoms with E-state index in [0.717, 1.165) is 12.8 Å². The molecule has 16 heavy (non-hydrogen) atoms. The molecule has 0 aromatic heterocycles. The summed E-state index contributed by atoms with van der Waals surface area (Å²) in [7, 11) is -2.14. The summed E-state index contributed by atoms with van der Waals surface area (Å²) in [6.45, 7) is 2.24. The summed E-state index contributed by atoms with van der Waals surface area (Å²) in [5.74, 6) is 0. The zero-order valence-corrected chi connectivity index (χ0v) is 13.9. The normalized spacial score (nSPS) is 11.0. The van der Waals surface area contributed by atoms with Crippen LogP contribution in [-0.4, -0.2) is 6.16 Å². The Morgan fingerprint density at radius 1 is 0.812 bits per heavy atom. The maximum absolute atomic E-state index is 10.3. The first-order valence-electron chi connectivity index (χ1n) is 6.39. The molecule has 90 valence electrons. The molecule has 0 aromatic rings. The summed E-state index contributed by atoms with van der Waals surface area (Å²) in [6, 6.07) is 0. The van der Waals surface area contributed by atoms with Crippen LogP contribution in [-0.2, 0) is 4.57 Å². The molecule has 0 heterocycles. The smallest absolute Gasteiger partial charge is 0.596 e. The number of hydrogen-bond donors (Lipinski definition) is 0. The van der Waals surface area contributed by atoms with Crippen LogP contribution in [0.1, 0.15) is 71.1 Å². The van der Waals surface area contributed by atoms with Gasteiger partial charge in [0, 0.05) is 0 Å². The molecular formula is C12H25NaO2P+. The molecule has 0 aromatic carbocycles. The van der Waals surface area contributed by atoms with E-state index >= 15 is 0 Å². The molecule has 0 saturated carbocycles. The van der Waals surface area contributed by atoms with E-state index in [2.05, 4.69) is 6.92 Å². The van der Waals surface area contributed by atoms with Crippen molar-refractivity contribution in [3.63, 3.8) is 0 Å². The standard InChI is InChI=1S/C12H25O2P.Na/c1-2-3-4-5-6-7-8-9-10-11-12-15(13)14;/h2-12H2,1H3;/q;+1. The van der Waals surface area contributed by atoms with Gasteiger partial charge >= 0.3 is 37.6 Å². The largest absolute Gasteiger partial charge is 1.00 e. The van der Waals surface area contributed by atoms with E-state index in [1.807, 2.05) is 0 Å². The molecule has 0 saturated heterocycles. The van der Waals surface area contributed by atoms with Crippen molar-refractivity contribution in [3.8, 4) is 0 Å². The van der Waals surface area contributed by atoms with Crippen molar-refractivity contribution in [2.24, 2.45) is 0 Å².